The molecule has 140 valence electrons. The first-order chi connectivity index (χ1) is 12.9. The maximum atomic E-state index is 13.0. The molecule has 3 rings (SSSR count). The summed E-state index contributed by atoms with van der Waals surface area (Å²) in [6, 6.07) is 12.3. The van der Waals surface area contributed by atoms with E-state index in [2.05, 4.69) is 30.2 Å². The first-order valence-corrected chi connectivity index (χ1v) is 10.5. The molecular formula is C21H21FN2OS2. The molecule has 0 aliphatic rings. The topological polar surface area (TPSA) is 42.0 Å². The molecule has 0 bridgehead atoms. The Kier molecular flexibility index (Phi) is 6.29. The fourth-order valence-electron chi connectivity index (χ4n) is 2.72. The Hall–Kier alpha value is -2.18. The maximum absolute atomic E-state index is 13.0. The molecule has 0 radical (unpaired) electrons. The molecule has 0 fully saturated rings. The molecule has 1 amide bonds. The number of aromatic nitrogens is 1. The van der Waals surface area contributed by atoms with E-state index in [4.69, 9.17) is 0 Å². The molecule has 0 atom stereocenters. The Morgan fingerprint density at radius 2 is 1.96 bits per heavy atom. The van der Waals surface area contributed by atoms with Crippen molar-refractivity contribution in [3.63, 3.8) is 0 Å². The number of anilines is 1. The minimum atomic E-state index is -0.266. The number of para-hydroxylation sites is 1. The highest BCUT2D eigenvalue weighted by molar-refractivity contribution is 8.01. The molecule has 1 heterocycles. The fourth-order valence-corrected chi connectivity index (χ4v) is 4.36. The predicted octanol–water partition coefficient (Wildman–Crippen LogP) is 6.11. The summed E-state index contributed by atoms with van der Waals surface area (Å²) in [7, 11) is 0. The van der Waals surface area contributed by atoms with Crippen LogP contribution in [-0.4, -0.2) is 16.6 Å². The molecule has 3 aromatic rings. The zero-order valence-electron chi connectivity index (χ0n) is 15.5. The summed E-state index contributed by atoms with van der Waals surface area (Å²) in [5.74, 6) is 0.319. The second kappa shape index (κ2) is 8.67. The number of amides is 1. The van der Waals surface area contributed by atoms with Crippen molar-refractivity contribution < 1.29 is 9.18 Å². The molecule has 0 saturated heterocycles. The molecule has 27 heavy (non-hydrogen) atoms. The number of aryl methyl sites for hydroxylation is 1. The van der Waals surface area contributed by atoms with Crippen LogP contribution in [0.1, 0.15) is 30.9 Å². The van der Waals surface area contributed by atoms with Crippen molar-refractivity contribution in [1.82, 2.24) is 4.98 Å². The third-order valence-electron chi connectivity index (χ3n) is 4.14. The van der Waals surface area contributed by atoms with Gasteiger partial charge in [-0.15, -0.1) is 11.3 Å². The smallest absolute Gasteiger partial charge is 0.234 e. The predicted molar refractivity (Wildman–Crippen MR) is 112 cm³/mol. The van der Waals surface area contributed by atoms with Gasteiger partial charge in [0, 0.05) is 16.6 Å². The van der Waals surface area contributed by atoms with Crippen LogP contribution in [0.15, 0.2) is 52.2 Å². The molecule has 0 saturated carbocycles. The molecule has 2 aromatic carbocycles. The number of halogens is 1. The Labute approximate surface area is 167 Å². The number of nitrogens with zero attached hydrogens (tertiary/aromatic N) is 1. The number of carbonyl (C=O) groups is 1. The van der Waals surface area contributed by atoms with Gasteiger partial charge >= 0.3 is 0 Å². The van der Waals surface area contributed by atoms with Gasteiger partial charge in [-0.25, -0.2) is 9.37 Å². The first kappa shape index (κ1) is 19.6. The van der Waals surface area contributed by atoms with Crippen LogP contribution in [0.25, 0.3) is 11.3 Å². The van der Waals surface area contributed by atoms with Crippen molar-refractivity contribution in [3.05, 3.63) is 64.8 Å². The van der Waals surface area contributed by atoms with Gasteiger partial charge in [-0.2, -0.15) is 0 Å². The molecule has 1 aromatic heterocycles. The quantitative estimate of drug-likeness (QED) is 0.508. The number of thioether (sulfide) groups is 1. The van der Waals surface area contributed by atoms with Gasteiger partial charge in [0.05, 0.1) is 11.4 Å². The average molecular weight is 401 g/mol. The van der Waals surface area contributed by atoms with Gasteiger partial charge < -0.3 is 5.32 Å². The highest BCUT2D eigenvalue weighted by Crippen LogP contribution is 2.30. The minimum absolute atomic E-state index is 0.0465. The van der Waals surface area contributed by atoms with Crippen LogP contribution in [0.5, 0.6) is 0 Å². The number of hydrogen-bond acceptors (Lipinski definition) is 4. The van der Waals surface area contributed by atoms with E-state index in [1.165, 1.54) is 35.2 Å². The zero-order chi connectivity index (χ0) is 19.4. The zero-order valence-corrected chi connectivity index (χ0v) is 17.1. The fraction of sp³-hybridized carbons (Fsp3) is 0.238. The molecule has 0 spiro atoms. The van der Waals surface area contributed by atoms with Gasteiger partial charge in [-0.1, -0.05) is 43.8 Å². The summed E-state index contributed by atoms with van der Waals surface area (Å²) in [5, 5.41) is 4.97. The summed E-state index contributed by atoms with van der Waals surface area (Å²) >= 11 is 2.89. The molecule has 0 aliphatic carbocycles. The van der Waals surface area contributed by atoms with Gasteiger partial charge in [0.2, 0.25) is 5.91 Å². The Bertz CT molecular complexity index is 936. The third kappa shape index (κ3) is 4.96. The van der Waals surface area contributed by atoms with Crippen LogP contribution >= 0.6 is 23.1 Å². The van der Waals surface area contributed by atoms with Crippen molar-refractivity contribution in [2.75, 3.05) is 11.1 Å². The molecule has 0 unspecified atom stereocenters. The lowest BCUT2D eigenvalue weighted by Crippen LogP contribution is -2.16. The summed E-state index contributed by atoms with van der Waals surface area (Å²) in [4.78, 5) is 17.0. The summed E-state index contributed by atoms with van der Waals surface area (Å²) in [6.45, 7) is 6.24. The van der Waals surface area contributed by atoms with Crippen LogP contribution in [0, 0.1) is 12.7 Å². The lowest BCUT2D eigenvalue weighted by atomic mass is 9.98. The summed E-state index contributed by atoms with van der Waals surface area (Å²) < 4.78 is 13.9. The van der Waals surface area contributed by atoms with Crippen molar-refractivity contribution in [3.8, 4) is 11.3 Å². The molecular weight excluding hydrogens is 379 g/mol. The number of benzene rings is 2. The third-order valence-corrected chi connectivity index (χ3v) is 6.16. The highest BCUT2D eigenvalue weighted by Gasteiger charge is 2.13. The minimum Gasteiger partial charge on any atom is -0.325 e. The number of carbonyl (C=O) groups excluding carboxylic acids is 1. The second-order valence-electron chi connectivity index (χ2n) is 6.54. The van der Waals surface area contributed by atoms with Crippen molar-refractivity contribution in [1.29, 1.82) is 0 Å². The van der Waals surface area contributed by atoms with Gasteiger partial charge in [0.15, 0.2) is 4.34 Å². The van der Waals surface area contributed by atoms with Crippen LogP contribution in [0.2, 0.25) is 0 Å². The molecule has 0 aliphatic heterocycles. The normalized spacial score (nSPS) is 11.0. The van der Waals surface area contributed by atoms with Gasteiger partial charge in [0.25, 0.3) is 0 Å². The molecule has 3 nitrogen and oxygen atoms in total. The largest absolute Gasteiger partial charge is 0.325 e. The van der Waals surface area contributed by atoms with E-state index in [1.807, 2.05) is 24.4 Å². The van der Waals surface area contributed by atoms with E-state index in [9.17, 15) is 9.18 Å². The Balaban J connectivity index is 1.63. The van der Waals surface area contributed by atoms with Crippen LogP contribution < -0.4 is 5.32 Å². The van der Waals surface area contributed by atoms with Crippen LogP contribution in [-0.2, 0) is 4.79 Å². The van der Waals surface area contributed by atoms with Crippen molar-refractivity contribution in [2.45, 2.75) is 31.0 Å². The van der Waals surface area contributed by atoms with Gasteiger partial charge in [0.1, 0.15) is 5.82 Å². The Morgan fingerprint density at radius 3 is 2.67 bits per heavy atom. The number of nitrogens with one attached hydrogen (secondary N) is 1. The lowest BCUT2D eigenvalue weighted by Gasteiger charge is -2.16. The molecule has 1 N–H and O–H groups in total. The number of rotatable bonds is 6. The summed E-state index contributed by atoms with van der Waals surface area (Å²) in [5.41, 5.74) is 4.77. The van der Waals surface area contributed by atoms with Gasteiger partial charge in [-0.3, -0.25) is 4.79 Å². The monoisotopic (exact) mass is 400 g/mol. The van der Waals surface area contributed by atoms with E-state index >= 15 is 0 Å². The van der Waals surface area contributed by atoms with Gasteiger partial charge in [-0.05, 0) is 48.2 Å². The summed E-state index contributed by atoms with van der Waals surface area (Å²) in [6.07, 6.45) is 0. The van der Waals surface area contributed by atoms with E-state index in [0.717, 1.165) is 32.4 Å². The maximum Gasteiger partial charge on any atom is 0.234 e. The highest BCUT2D eigenvalue weighted by atomic mass is 32.2. The average Bonchev–Trinajstić information content (AvgIpc) is 3.11. The first-order valence-electron chi connectivity index (χ1n) is 8.67. The van der Waals surface area contributed by atoms with E-state index in [1.54, 1.807) is 12.1 Å². The van der Waals surface area contributed by atoms with Crippen molar-refractivity contribution in [2.24, 2.45) is 0 Å². The number of hydrogen-bond donors (Lipinski definition) is 1. The standard InChI is InChI=1S/C21H21FN2OS2/c1-13(2)17-6-4-5-14(3)20(17)24-19(25)12-27-21-23-18(11-26-21)15-7-9-16(22)10-8-15/h4-11,13H,12H2,1-3H3,(H,24,25). The van der Waals surface area contributed by atoms with Crippen molar-refractivity contribution >= 4 is 34.7 Å². The Morgan fingerprint density at radius 1 is 1.22 bits per heavy atom. The van der Waals surface area contributed by atoms with E-state index < -0.39 is 0 Å². The van der Waals surface area contributed by atoms with Crippen LogP contribution in [0.4, 0.5) is 10.1 Å². The van der Waals surface area contributed by atoms with Crippen LogP contribution in [0.3, 0.4) is 0 Å². The molecule has 6 heteroatoms. The lowest BCUT2D eigenvalue weighted by molar-refractivity contribution is -0.113. The van der Waals surface area contributed by atoms with E-state index in [0.29, 0.717) is 11.7 Å². The number of thiazole rings is 1. The van der Waals surface area contributed by atoms with E-state index in [-0.39, 0.29) is 11.7 Å². The second-order valence-corrected chi connectivity index (χ2v) is 8.62. The SMILES string of the molecule is Cc1cccc(C(C)C)c1NC(=O)CSc1nc(-c2ccc(F)cc2)cs1.